The number of likely N-dealkylation sites (tertiary alicyclic amines) is 1. The van der Waals surface area contributed by atoms with Crippen molar-refractivity contribution in [1.29, 1.82) is 0 Å². The van der Waals surface area contributed by atoms with Gasteiger partial charge >= 0.3 is 0 Å². The van der Waals surface area contributed by atoms with E-state index in [1.807, 2.05) is 7.05 Å². The van der Waals surface area contributed by atoms with Gasteiger partial charge in [0.15, 0.2) is 0 Å². The van der Waals surface area contributed by atoms with Crippen LogP contribution in [0, 0.1) is 5.92 Å². The normalized spacial score (nSPS) is 25.0. The molecule has 2 heterocycles. The fraction of sp³-hybridized carbons (Fsp3) is 0.632. The largest absolute Gasteiger partial charge is 0.371 e. The van der Waals surface area contributed by atoms with Crippen LogP contribution >= 0.6 is 0 Å². The van der Waals surface area contributed by atoms with Gasteiger partial charge in [-0.05, 0) is 50.9 Å². The molecule has 0 spiro atoms. The number of anilines is 1. The minimum Gasteiger partial charge on any atom is -0.371 e. The van der Waals surface area contributed by atoms with Gasteiger partial charge in [-0.2, -0.15) is 0 Å². The molecule has 24 heavy (non-hydrogen) atoms. The fourth-order valence-corrected chi connectivity index (χ4v) is 3.82. The molecule has 1 aromatic rings. The topological polar surface area (TPSA) is 47.6 Å². The number of nitrogens with zero attached hydrogens (tertiary/aromatic N) is 2. The average Bonchev–Trinajstić information content (AvgIpc) is 3.10. The van der Waals surface area contributed by atoms with E-state index in [0.717, 1.165) is 39.1 Å². The standard InChI is InChI=1S/C19H30N4O/c1-20-17-6-5-10-22(14-17)15-19(24)21-12-16-9-11-23(13-16)18-7-3-2-4-8-18/h2-4,7-8,16-17,20H,5-6,9-15H2,1H3,(H,21,24). The van der Waals surface area contributed by atoms with Crippen molar-refractivity contribution in [1.82, 2.24) is 15.5 Å². The van der Waals surface area contributed by atoms with E-state index in [9.17, 15) is 4.79 Å². The van der Waals surface area contributed by atoms with Gasteiger partial charge in [0, 0.05) is 37.9 Å². The lowest BCUT2D eigenvalue weighted by molar-refractivity contribution is -0.122. The van der Waals surface area contributed by atoms with Crippen molar-refractivity contribution >= 4 is 11.6 Å². The van der Waals surface area contributed by atoms with Crippen LogP contribution in [0.5, 0.6) is 0 Å². The Morgan fingerprint density at radius 2 is 2.00 bits per heavy atom. The molecule has 0 radical (unpaired) electrons. The quantitative estimate of drug-likeness (QED) is 0.826. The molecule has 2 fully saturated rings. The predicted molar refractivity (Wildman–Crippen MR) is 98.3 cm³/mol. The second kappa shape index (κ2) is 8.49. The molecule has 0 saturated carbocycles. The van der Waals surface area contributed by atoms with E-state index in [1.165, 1.54) is 18.5 Å². The van der Waals surface area contributed by atoms with Crippen LogP contribution in [0.25, 0.3) is 0 Å². The van der Waals surface area contributed by atoms with Gasteiger partial charge < -0.3 is 15.5 Å². The maximum absolute atomic E-state index is 12.2. The number of rotatable bonds is 6. The van der Waals surface area contributed by atoms with Crippen LogP contribution in [-0.4, -0.2) is 63.2 Å². The summed E-state index contributed by atoms with van der Waals surface area (Å²) in [5, 5.41) is 6.47. The number of carbonyl (C=O) groups is 1. The number of para-hydroxylation sites is 1. The van der Waals surface area contributed by atoms with Crippen molar-refractivity contribution in [3.8, 4) is 0 Å². The van der Waals surface area contributed by atoms with Crippen molar-refractivity contribution in [3.05, 3.63) is 30.3 Å². The van der Waals surface area contributed by atoms with Gasteiger partial charge in [-0.3, -0.25) is 9.69 Å². The SMILES string of the molecule is CNC1CCCN(CC(=O)NCC2CCN(c3ccccc3)C2)C1. The number of amides is 1. The Morgan fingerprint density at radius 3 is 2.79 bits per heavy atom. The Balaban J connectivity index is 1.38. The van der Waals surface area contributed by atoms with Gasteiger partial charge in [-0.15, -0.1) is 0 Å². The van der Waals surface area contributed by atoms with Crippen LogP contribution < -0.4 is 15.5 Å². The highest BCUT2D eigenvalue weighted by molar-refractivity contribution is 5.78. The lowest BCUT2D eigenvalue weighted by atomic mass is 10.1. The summed E-state index contributed by atoms with van der Waals surface area (Å²) >= 11 is 0. The molecule has 3 rings (SSSR count). The highest BCUT2D eigenvalue weighted by Crippen LogP contribution is 2.22. The number of nitrogens with one attached hydrogen (secondary N) is 2. The first-order valence-electron chi connectivity index (χ1n) is 9.21. The van der Waals surface area contributed by atoms with Crippen molar-refractivity contribution in [3.63, 3.8) is 0 Å². The maximum atomic E-state index is 12.2. The monoisotopic (exact) mass is 330 g/mol. The fourth-order valence-electron chi connectivity index (χ4n) is 3.82. The molecule has 1 aromatic carbocycles. The molecule has 2 atom stereocenters. The summed E-state index contributed by atoms with van der Waals surface area (Å²) in [6.45, 7) is 5.47. The molecule has 0 aliphatic carbocycles. The van der Waals surface area contributed by atoms with Crippen LogP contribution in [0.2, 0.25) is 0 Å². The number of benzene rings is 1. The van der Waals surface area contributed by atoms with Crippen LogP contribution in [-0.2, 0) is 4.79 Å². The summed E-state index contributed by atoms with van der Waals surface area (Å²) in [5.74, 6) is 0.727. The van der Waals surface area contributed by atoms with Crippen LogP contribution in [0.1, 0.15) is 19.3 Å². The number of piperidine rings is 1. The predicted octanol–water partition coefficient (Wildman–Crippen LogP) is 1.31. The zero-order valence-corrected chi connectivity index (χ0v) is 14.7. The van der Waals surface area contributed by atoms with Crippen LogP contribution in [0.3, 0.4) is 0 Å². The first-order chi connectivity index (χ1) is 11.7. The number of hydrogen-bond donors (Lipinski definition) is 2. The summed E-state index contributed by atoms with van der Waals surface area (Å²) in [7, 11) is 2.01. The third kappa shape index (κ3) is 4.71. The molecule has 1 amide bonds. The molecule has 0 bridgehead atoms. The summed E-state index contributed by atoms with van der Waals surface area (Å²) in [6.07, 6.45) is 3.54. The Kier molecular flexibility index (Phi) is 6.10. The van der Waals surface area contributed by atoms with Crippen LogP contribution in [0.15, 0.2) is 30.3 Å². The third-order valence-corrected chi connectivity index (χ3v) is 5.28. The minimum atomic E-state index is 0.171. The molecule has 2 unspecified atom stereocenters. The Labute approximate surface area is 145 Å². The van der Waals surface area contributed by atoms with Crippen LogP contribution in [0.4, 0.5) is 5.69 Å². The number of hydrogen-bond acceptors (Lipinski definition) is 4. The van der Waals surface area contributed by atoms with Gasteiger partial charge in [-0.25, -0.2) is 0 Å². The Morgan fingerprint density at radius 1 is 1.17 bits per heavy atom. The maximum Gasteiger partial charge on any atom is 0.234 e. The molecule has 2 aliphatic rings. The third-order valence-electron chi connectivity index (χ3n) is 5.28. The molecule has 2 saturated heterocycles. The lowest BCUT2D eigenvalue weighted by Gasteiger charge is -2.32. The van der Waals surface area contributed by atoms with Gasteiger partial charge in [0.25, 0.3) is 0 Å². The van der Waals surface area contributed by atoms with E-state index in [0.29, 0.717) is 18.5 Å². The van der Waals surface area contributed by atoms with Gasteiger partial charge in [0.1, 0.15) is 0 Å². The number of carbonyl (C=O) groups excluding carboxylic acids is 1. The van der Waals surface area contributed by atoms with Gasteiger partial charge in [-0.1, -0.05) is 18.2 Å². The summed E-state index contributed by atoms with van der Waals surface area (Å²) in [4.78, 5) is 16.9. The van der Waals surface area contributed by atoms with Crippen molar-refractivity contribution in [2.24, 2.45) is 5.92 Å². The van der Waals surface area contributed by atoms with Crippen molar-refractivity contribution in [2.75, 3.05) is 51.2 Å². The van der Waals surface area contributed by atoms with E-state index in [4.69, 9.17) is 0 Å². The number of likely N-dealkylation sites (N-methyl/N-ethyl adjacent to an activating group) is 1. The zero-order valence-electron chi connectivity index (χ0n) is 14.7. The smallest absolute Gasteiger partial charge is 0.234 e. The molecule has 5 heteroatoms. The Bertz CT molecular complexity index is 521. The Hall–Kier alpha value is -1.59. The minimum absolute atomic E-state index is 0.171. The second-order valence-corrected chi connectivity index (χ2v) is 7.10. The summed E-state index contributed by atoms with van der Waals surface area (Å²) < 4.78 is 0. The molecule has 2 N–H and O–H groups in total. The van der Waals surface area contributed by atoms with Gasteiger partial charge in [0.05, 0.1) is 6.54 Å². The molecule has 2 aliphatic heterocycles. The van der Waals surface area contributed by atoms with E-state index < -0.39 is 0 Å². The van der Waals surface area contributed by atoms with E-state index >= 15 is 0 Å². The molecule has 132 valence electrons. The second-order valence-electron chi connectivity index (χ2n) is 7.10. The van der Waals surface area contributed by atoms with Crippen molar-refractivity contribution < 1.29 is 4.79 Å². The van der Waals surface area contributed by atoms with Gasteiger partial charge in [0.2, 0.25) is 5.91 Å². The van der Waals surface area contributed by atoms with E-state index in [1.54, 1.807) is 0 Å². The first kappa shape index (κ1) is 17.2. The molecule has 0 aromatic heterocycles. The highest BCUT2D eigenvalue weighted by atomic mass is 16.2. The molecule has 5 nitrogen and oxygen atoms in total. The average molecular weight is 330 g/mol. The zero-order chi connectivity index (χ0) is 16.8. The first-order valence-corrected chi connectivity index (χ1v) is 9.21. The lowest BCUT2D eigenvalue weighted by Crippen LogP contribution is -2.48. The van der Waals surface area contributed by atoms with E-state index in [2.05, 4.69) is 50.8 Å². The van der Waals surface area contributed by atoms with Crippen molar-refractivity contribution in [2.45, 2.75) is 25.3 Å². The summed E-state index contributed by atoms with van der Waals surface area (Å²) in [6, 6.07) is 11.1. The molecular formula is C19H30N4O. The highest BCUT2D eigenvalue weighted by Gasteiger charge is 2.24. The summed E-state index contributed by atoms with van der Waals surface area (Å²) in [5.41, 5.74) is 1.29. The molecular weight excluding hydrogens is 300 g/mol. The van der Waals surface area contributed by atoms with E-state index in [-0.39, 0.29) is 5.91 Å².